The van der Waals surface area contributed by atoms with Crippen LogP contribution in [0.5, 0.6) is 5.75 Å². The van der Waals surface area contributed by atoms with E-state index in [1.807, 2.05) is 54.6 Å². The summed E-state index contributed by atoms with van der Waals surface area (Å²) in [6.45, 7) is 2.47. The van der Waals surface area contributed by atoms with Gasteiger partial charge in [-0.3, -0.25) is 9.78 Å². The summed E-state index contributed by atoms with van der Waals surface area (Å²) in [5, 5.41) is 7.05. The quantitative estimate of drug-likeness (QED) is 0.454. The van der Waals surface area contributed by atoms with Crippen molar-refractivity contribution in [3.05, 3.63) is 73.1 Å². The second-order valence-corrected chi connectivity index (χ2v) is 6.63. The highest BCUT2D eigenvalue weighted by molar-refractivity contribution is 5.90. The van der Waals surface area contributed by atoms with Gasteiger partial charge in [-0.1, -0.05) is 18.2 Å². The Bertz CT molecular complexity index is 1160. The molecule has 0 aliphatic heterocycles. The van der Waals surface area contributed by atoms with Crippen LogP contribution in [0, 0.1) is 0 Å². The van der Waals surface area contributed by atoms with Crippen molar-refractivity contribution in [1.82, 2.24) is 15.0 Å². The zero-order valence-corrected chi connectivity index (χ0v) is 16.5. The van der Waals surface area contributed by atoms with Crippen molar-refractivity contribution in [3.8, 4) is 17.1 Å². The molecule has 30 heavy (non-hydrogen) atoms. The van der Waals surface area contributed by atoms with Crippen molar-refractivity contribution < 1.29 is 9.53 Å². The highest BCUT2D eigenvalue weighted by Gasteiger charge is 2.09. The first-order chi connectivity index (χ1) is 14.7. The van der Waals surface area contributed by atoms with Gasteiger partial charge in [0, 0.05) is 42.0 Å². The number of nitrogens with zero attached hydrogens (tertiary/aromatic N) is 3. The topological polar surface area (TPSA) is 89.0 Å². The van der Waals surface area contributed by atoms with Crippen molar-refractivity contribution in [1.29, 1.82) is 0 Å². The van der Waals surface area contributed by atoms with Crippen LogP contribution >= 0.6 is 0 Å². The van der Waals surface area contributed by atoms with Crippen LogP contribution in [-0.2, 0) is 4.79 Å². The molecule has 0 spiro atoms. The van der Waals surface area contributed by atoms with E-state index in [9.17, 15) is 4.79 Å². The second-order valence-electron chi connectivity index (χ2n) is 6.63. The van der Waals surface area contributed by atoms with Crippen molar-refractivity contribution in [2.75, 3.05) is 23.8 Å². The SMILES string of the molecule is CC(=O)Nc1cccc(OCCNc2nc(-c3ccncc3)nc3ccccc23)c1. The van der Waals surface area contributed by atoms with Crippen LogP contribution < -0.4 is 15.4 Å². The molecule has 0 aliphatic carbocycles. The largest absolute Gasteiger partial charge is 0.492 e. The first-order valence-electron chi connectivity index (χ1n) is 9.60. The summed E-state index contributed by atoms with van der Waals surface area (Å²) in [5.74, 6) is 1.97. The fourth-order valence-electron chi connectivity index (χ4n) is 3.05. The standard InChI is InChI=1S/C23H21N5O2/c1-16(29)26-18-5-4-6-19(15-18)30-14-13-25-23-20-7-2-3-8-21(20)27-22(28-23)17-9-11-24-12-10-17/h2-12,15H,13-14H2,1H3,(H,26,29)(H,25,27,28). The van der Waals surface area contributed by atoms with E-state index in [1.165, 1.54) is 6.92 Å². The van der Waals surface area contributed by atoms with Crippen LogP contribution in [0.25, 0.3) is 22.3 Å². The molecule has 0 saturated carbocycles. The number of hydrogen-bond acceptors (Lipinski definition) is 6. The smallest absolute Gasteiger partial charge is 0.221 e. The minimum Gasteiger partial charge on any atom is -0.492 e. The molecule has 7 heteroatoms. The molecule has 0 radical (unpaired) electrons. The predicted molar refractivity (Wildman–Crippen MR) is 117 cm³/mol. The highest BCUT2D eigenvalue weighted by Crippen LogP contribution is 2.24. The normalized spacial score (nSPS) is 10.6. The van der Waals surface area contributed by atoms with E-state index in [-0.39, 0.29) is 5.91 Å². The van der Waals surface area contributed by atoms with Crippen LogP contribution in [0.3, 0.4) is 0 Å². The third-order valence-electron chi connectivity index (χ3n) is 4.36. The third-order valence-corrected chi connectivity index (χ3v) is 4.36. The zero-order chi connectivity index (χ0) is 20.8. The van der Waals surface area contributed by atoms with Crippen LogP contribution in [-0.4, -0.2) is 34.0 Å². The molecule has 2 aromatic heterocycles. The number of ether oxygens (including phenoxy) is 1. The molecule has 0 unspecified atom stereocenters. The number of benzene rings is 2. The van der Waals surface area contributed by atoms with Gasteiger partial charge in [0.05, 0.1) is 12.1 Å². The predicted octanol–water partition coefficient (Wildman–Crippen LogP) is 4.14. The average Bonchev–Trinajstić information content (AvgIpc) is 2.77. The minimum absolute atomic E-state index is 0.116. The van der Waals surface area contributed by atoms with Crippen LogP contribution in [0.2, 0.25) is 0 Å². The molecular formula is C23H21N5O2. The van der Waals surface area contributed by atoms with Gasteiger partial charge in [0.1, 0.15) is 18.2 Å². The molecule has 0 saturated heterocycles. The van der Waals surface area contributed by atoms with Crippen LogP contribution in [0.1, 0.15) is 6.92 Å². The number of carbonyl (C=O) groups excluding carboxylic acids is 1. The summed E-state index contributed by atoms with van der Waals surface area (Å²) in [7, 11) is 0. The van der Waals surface area contributed by atoms with E-state index >= 15 is 0 Å². The van der Waals surface area contributed by atoms with Gasteiger partial charge in [0.25, 0.3) is 0 Å². The van der Waals surface area contributed by atoms with Gasteiger partial charge in [0.2, 0.25) is 5.91 Å². The summed E-state index contributed by atoms with van der Waals surface area (Å²) < 4.78 is 5.81. The number of carbonyl (C=O) groups is 1. The van der Waals surface area contributed by atoms with Gasteiger partial charge in [-0.25, -0.2) is 9.97 Å². The van der Waals surface area contributed by atoms with Gasteiger partial charge < -0.3 is 15.4 Å². The minimum atomic E-state index is -0.116. The lowest BCUT2D eigenvalue weighted by molar-refractivity contribution is -0.114. The average molecular weight is 399 g/mol. The Hall–Kier alpha value is -4.00. The lowest BCUT2D eigenvalue weighted by Gasteiger charge is -2.12. The summed E-state index contributed by atoms with van der Waals surface area (Å²) >= 11 is 0. The number of anilines is 2. The second kappa shape index (κ2) is 9.00. The molecule has 4 rings (SSSR count). The molecule has 150 valence electrons. The molecule has 1 amide bonds. The fourth-order valence-corrected chi connectivity index (χ4v) is 3.05. The Balaban J connectivity index is 1.47. The fraction of sp³-hybridized carbons (Fsp3) is 0.130. The number of aromatic nitrogens is 3. The number of hydrogen-bond donors (Lipinski definition) is 2. The number of nitrogens with one attached hydrogen (secondary N) is 2. The molecule has 2 heterocycles. The third kappa shape index (κ3) is 4.70. The first-order valence-corrected chi connectivity index (χ1v) is 9.60. The number of pyridine rings is 1. The Labute approximate surface area is 174 Å². The van der Waals surface area contributed by atoms with E-state index in [1.54, 1.807) is 18.5 Å². The molecule has 0 bridgehead atoms. The summed E-state index contributed by atoms with van der Waals surface area (Å²) in [6.07, 6.45) is 3.45. The lowest BCUT2D eigenvalue weighted by Crippen LogP contribution is -2.13. The summed E-state index contributed by atoms with van der Waals surface area (Å²) in [4.78, 5) is 24.6. The maximum Gasteiger partial charge on any atom is 0.221 e. The molecule has 0 atom stereocenters. The van der Waals surface area contributed by atoms with Gasteiger partial charge in [0.15, 0.2) is 5.82 Å². The number of para-hydroxylation sites is 1. The molecule has 0 aliphatic rings. The molecule has 2 N–H and O–H groups in total. The zero-order valence-electron chi connectivity index (χ0n) is 16.5. The van der Waals surface area contributed by atoms with Crippen molar-refractivity contribution in [3.63, 3.8) is 0 Å². The van der Waals surface area contributed by atoms with Gasteiger partial charge in [-0.2, -0.15) is 0 Å². The Morgan fingerprint density at radius 1 is 1.00 bits per heavy atom. The monoisotopic (exact) mass is 399 g/mol. The van der Waals surface area contributed by atoms with Crippen molar-refractivity contribution in [2.45, 2.75) is 6.92 Å². The van der Waals surface area contributed by atoms with E-state index in [2.05, 4.69) is 20.6 Å². The summed E-state index contributed by atoms with van der Waals surface area (Å²) in [5.41, 5.74) is 2.48. The Morgan fingerprint density at radius 3 is 2.67 bits per heavy atom. The lowest BCUT2D eigenvalue weighted by atomic mass is 10.2. The van der Waals surface area contributed by atoms with Gasteiger partial charge >= 0.3 is 0 Å². The number of amides is 1. The van der Waals surface area contributed by atoms with E-state index in [0.717, 1.165) is 22.3 Å². The Morgan fingerprint density at radius 2 is 1.83 bits per heavy atom. The summed E-state index contributed by atoms with van der Waals surface area (Å²) in [6, 6.07) is 19.0. The maximum atomic E-state index is 11.2. The van der Waals surface area contributed by atoms with E-state index < -0.39 is 0 Å². The highest BCUT2D eigenvalue weighted by atomic mass is 16.5. The molecule has 7 nitrogen and oxygen atoms in total. The van der Waals surface area contributed by atoms with Crippen LogP contribution in [0.4, 0.5) is 11.5 Å². The molecule has 4 aromatic rings. The maximum absolute atomic E-state index is 11.2. The van der Waals surface area contributed by atoms with Crippen molar-refractivity contribution in [2.24, 2.45) is 0 Å². The van der Waals surface area contributed by atoms with Gasteiger partial charge in [-0.15, -0.1) is 0 Å². The molecule has 2 aromatic carbocycles. The Kier molecular flexibility index (Phi) is 5.80. The van der Waals surface area contributed by atoms with Crippen LogP contribution in [0.15, 0.2) is 73.1 Å². The number of fused-ring (bicyclic) bond motifs is 1. The van der Waals surface area contributed by atoms with Crippen molar-refractivity contribution >= 4 is 28.3 Å². The first kappa shape index (κ1) is 19.3. The van der Waals surface area contributed by atoms with E-state index in [0.29, 0.717) is 30.4 Å². The van der Waals surface area contributed by atoms with E-state index in [4.69, 9.17) is 9.72 Å². The number of rotatable bonds is 7. The van der Waals surface area contributed by atoms with Gasteiger partial charge in [-0.05, 0) is 36.4 Å². The molecular weight excluding hydrogens is 378 g/mol. The molecule has 0 fully saturated rings.